The molecule has 0 saturated heterocycles. The molecular formula is C24H27N3O4S. The van der Waals surface area contributed by atoms with Crippen molar-refractivity contribution in [3.8, 4) is 11.5 Å². The third-order valence-electron chi connectivity index (χ3n) is 5.32. The molecule has 1 aliphatic heterocycles. The normalized spacial score (nSPS) is 12.3. The van der Waals surface area contributed by atoms with E-state index in [2.05, 4.69) is 17.2 Å². The van der Waals surface area contributed by atoms with Crippen LogP contribution in [0.1, 0.15) is 38.2 Å². The van der Waals surface area contributed by atoms with Gasteiger partial charge in [0.15, 0.2) is 16.7 Å². The predicted molar refractivity (Wildman–Crippen MR) is 125 cm³/mol. The number of aromatic nitrogens is 2. The molecule has 0 unspecified atom stereocenters. The number of carbonyl (C=O) groups is 1. The summed E-state index contributed by atoms with van der Waals surface area (Å²) in [5.41, 5.74) is 1.55. The van der Waals surface area contributed by atoms with Gasteiger partial charge in [0.25, 0.3) is 5.56 Å². The second-order valence-electron chi connectivity index (χ2n) is 7.68. The molecule has 0 atom stereocenters. The van der Waals surface area contributed by atoms with E-state index >= 15 is 0 Å². The summed E-state index contributed by atoms with van der Waals surface area (Å²) in [6, 6.07) is 13.0. The monoisotopic (exact) mass is 453 g/mol. The number of benzene rings is 2. The SMILES string of the molecule is CCCCCCn1c(SCC(=O)NCc2ccc3c(c2)OCO3)nc2ccccc2c1=O. The average molecular weight is 454 g/mol. The van der Waals surface area contributed by atoms with E-state index in [9.17, 15) is 9.59 Å². The van der Waals surface area contributed by atoms with Gasteiger partial charge in [-0.15, -0.1) is 0 Å². The Morgan fingerprint density at radius 1 is 1.12 bits per heavy atom. The summed E-state index contributed by atoms with van der Waals surface area (Å²) in [6.07, 6.45) is 4.25. The number of para-hydroxylation sites is 1. The zero-order chi connectivity index (χ0) is 22.3. The van der Waals surface area contributed by atoms with Crippen molar-refractivity contribution in [2.75, 3.05) is 12.5 Å². The third kappa shape index (κ3) is 5.24. The number of nitrogens with zero attached hydrogens (tertiary/aromatic N) is 2. The first-order valence-electron chi connectivity index (χ1n) is 10.9. The fourth-order valence-electron chi connectivity index (χ4n) is 3.58. The van der Waals surface area contributed by atoms with Crippen LogP contribution in [0.15, 0.2) is 52.4 Å². The van der Waals surface area contributed by atoms with E-state index in [1.165, 1.54) is 11.8 Å². The van der Waals surface area contributed by atoms with Crippen LogP contribution in [0.3, 0.4) is 0 Å². The van der Waals surface area contributed by atoms with Crippen molar-refractivity contribution >= 4 is 28.6 Å². The van der Waals surface area contributed by atoms with E-state index in [0.717, 1.165) is 37.0 Å². The van der Waals surface area contributed by atoms with Crippen LogP contribution in [-0.2, 0) is 17.9 Å². The van der Waals surface area contributed by atoms with Gasteiger partial charge in [0, 0.05) is 13.1 Å². The zero-order valence-electron chi connectivity index (χ0n) is 18.1. The van der Waals surface area contributed by atoms with Crippen LogP contribution in [0, 0.1) is 0 Å². The first-order valence-corrected chi connectivity index (χ1v) is 11.9. The fourth-order valence-corrected chi connectivity index (χ4v) is 4.44. The molecule has 168 valence electrons. The van der Waals surface area contributed by atoms with Crippen molar-refractivity contribution < 1.29 is 14.3 Å². The molecule has 0 radical (unpaired) electrons. The van der Waals surface area contributed by atoms with Crippen molar-refractivity contribution in [2.24, 2.45) is 0 Å². The Labute approximate surface area is 191 Å². The molecule has 2 aromatic carbocycles. The second-order valence-corrected chi connectivity index (χ2v) is 8.62. The van der Waals surface area contributed by atoms with Crippen LogP contribution in [0.5, 0.6) is 11.5 Å². The van der Waals surface area contributed by atoms with Gasteiger partial charge in [-0.05, 0) is 36.2 Å². The number of hydrogen-bond acceptors (Lipinski definition) is 6. The van der Waals surface area contributed by atoms with Crippen LogP contribution < -0.4 is 20.3 Å². The highest BCUT2D eigenvalue weighted by atomic mass is 32.2. The molecule has 0 saturated carbocycles. The molecule has 4 rings (SSSR count). The number of unbranched alkanes of at least 4 members (excludes halogenated alkanes) is 3. The molecule has 1 N–H and O–H groups in total. The van der Waals surface area contributed by atoms with Gasteiger partial charge in [-0.3, -0.25) is 14.2 Å². The third-order valence-corrected chi connectivity index (χ3v) is 6.30. The molecule has 32 heavy (non-hydrogen) atoms. The smallest absolute Gasteiger partial charge is 0.262 e. The predicted octanol–water partition coefficient (Wildman–Crippen LogP) is 4.11. The molecule has 0 fully saturated rings. The van der Waals surface area contributed by atoms with Gasteiger partial charge in [-0.25, -0.2) is 4.98 Å². The lowest BCUT2D eigenvalue weighted by Gasteiger charge is -2.13. The maximum absolute atomic E-state index is 13.0. The molecule has 0 aliphatic carbocycles. The first kappa shape index (κ1) is 22.2. The molecule has 7 nitrogen and oxygen atoms in total. The minimum absolute atomic E-state index is 0.0460. The largest absolute Gasteiger partial charge is 0.454 e. The van der Waals surface area contributed by atoms with Crippen molar-refractivity contribution in [2.45, 2.75) is 50.9 Å². The van der Waals surface area contributed by atoms with Crippen LogP contribution in [-0.4, -0.2) is 28.0 Å². The van der Waals surface area contributed by atoms with Crippen molar-refractivity contribution in [1.82, 2.24) is 14.9 Å². The van der Waals surface area contributed by atoms with Crippen molar-refractivity contribution in [3.05, 3.63) is 58.4 Å². The summed E-state index contributed by atoms with van der Waals surface area (Å²) in [4.78, 5) is 30.2. The highest BCUT2D eigenvalue weighted by molar-refractivity contribution is 7.99. The molecule has 1 aliphatic rings. The molecule has 3 aromatic rings. The maximum Gasteiger partial charge on any atom is 0.262 e. The minimum Gasteiger partial charge on any atom is -0.454 e. The van der Waals surface area contributed by atoms with Gasteiger partial charge in [-0.1, -0.05) is 56.1 Å². The number of amides is 1. The van der Waals surface area contributed by atoms with E-state index in [0.29, 0.717) is 34.9 Å². The van der Waals surface area contributed by atoms with E-state index in [1.54, 1.807) is 10.6 Å². The van der Waals surface area contributed by atoms with Crippen LogP contribution in [0.2, 0.25) is 0 Å². The number of fused-ring (bicyclic) bond motifs is 2. The Hall–Kier alpha value is -3.00. The van der Waals surface area contributed by atoms with E-state index in [4.69, 9.17) is 9.47 Å². The van der Waals surface area contributed by atoms with Crippen LogP contribution in [0.4, 0.5) is 0 Å². The van der Waals surface area contributed by atoms with Crippen molar-refractivity contribution in [3.63, 3.8) is 0 Å². The Bertz CT molecular complexity index is 1160. The number of ether oxygens (including phenoxy) is 2. The zero-order valence-corrected chi connectivity index (χ0v) is 19.0. The minimum atomic E-state index is -0.118. The fraction of sp³-hybridized carbons (Fsp3) is 0.375. The standard InChI is InChI=1S/C24H27N3O4S/c1-2-3-4-7-12-27-23(29)18-8-5-6-9-19(18)26-24(27)32-15-22(28)25-14-17-10-11-20-21(13-17)31-16-30-20/h5-6,8-11,13H,2-4,7,12,14-16H2,1H3,(H,25,28). The molecule has 0 bridgehead atoms. The van der Waals surface area contributed by atoms with Crippen LogP contribution in [0.25, 0.3) is 10.9 Å². The Kier molecular flexibility index (Phi) is 7.32. The van der Waals surface area contributed by atoms with E-state index < -0.39 is 0 Å². The summed E-state index contributed by atoms with van der Waals surface area (Å²) in [7, 11) is 0. The number of nitrogens with one attached hydrogen (secondary N) is 1. The Balaban J connectivity index is 1.41. The lowest BCUT2D eigenvalue weighted by Crippen LogP contribution is -2.27. The molecule has 2 heterocycles. The van der Waals surface area contributed by atoms with Gasteiger partial charge in [0.2, 0.25) is 12.7 Å². The summed E-state index contributed by atoms with van der Waals surface area (Å²) >= 11 is 1.30. The molecule has 8 heteroatoms. The molecule has 1 amide bonds. The Morgan fingerprint density at radius 2 is 1.97 bits per heavy atom. The Morgan fingerprint density at radius 3 is 2.84 bits per heavy atom. The molecule has 1 aromatic heterocycles. The first-order chi connectivity index (χ1) is 15.7. The topological polar surface area (TPSA) is 82.5 Å². The molecular weight excluding hydrogens is 426 g/mol. The van der Waals surface area contributed by atoms with E-state index in [-0.39, 0.29) is 24.0 Å². The van der Waals surface area contributed by atoms with Crippen molar-refractivity contribution in [1.29, 1.82) is 0 Å². The van der Waals surface area contributed by atoms with Crippen LogP contribution >= 0.6 is 11.8 Å². The summed E-state index contributed by atoms with van der Waals surface area (Å²) in [5.74, 6) is 1.48. The second kappa shape index (κ2) is 10.5. The number of thioether (sulfide) groups is 1. The average Bonchev–Trinajstić information content (AvgIpc) is 3.28. The highest BCUT2D eigenvalue weighted by Crippen LogP contribution is 2.32. The van der Waals surface area contributed by atoms with Gasteiger partial charge in [0.05, 0.1) is 16.7 Å². The maximum atomic E-state index is 13.0. The lowest BCUT2D eigenvalue weighted by molar-refractivity contribution is -0.118. The van der Waals surface area contributed by atoms with E-state index in [1.807, 2.05) is 36.4 Å². The highest BCUT2D eigenvalue weighted by Gasteiger charge is 2.15. The lowest BCUT2D eigenvalue weighted by atomic mass is 10.2. The van der Waals surface area contributed by atoms with Gasteiger partial charge < -0.3 is 14.8 Å². The van der Waals surface area contributed by atoms with Gasteiger partial charge in [0.1, 0.15) is 0 Å². The number of hydrogen-bond donors (Lipinski definition) is 1. The summed E-state index contributed by atoms with van der Waals surface area (Å²) in [5, 5.41) is 4.12. The quantitative estimate of drug-likeness (QED) is 0.283. The van der Waals surface area contributed by atoms with Gasteiger partial charge in [-0.2, -0.15) is 0 Å². The summed E-state index contributed by atoms with van der Waals surface area (Å²) < 4.78 is 12.4. The number of carbonyl (C=O) groups excluding carboxylic acids is 1. The molecule has 0 spiro atoms. The number of rotatable bonds is 10. The van der Waals surface area contributed by atoms with Gasteiger partial charge >= 0.3 is 0 Å². The summed E-state index contributed by atoms with van der Waals surface area (Å²) in [6.45, 7) is 3.39.